The standard InChI is InChI=1S/C26H45NO4/c1-5-18-9-6-7-14-25(18,2)21-15-20-13-12-19(26(20,3)22(28)16-21)10-8-11-23(29)27(4)17-24(30)31/h18-22,28H,5-17H2,1-4H3,(H,30,31). The molecule has 7 unspecified atom stereocenters. The summed E-state index contributed by atoms with van der Waals surface area (Å²) in [5, 5.41) is 20.3. The van der Waals surface area contributed by atoms with E-state index in [1.54, 1.807) is 7.05 Å². The van der Waals surface area contributed by atoms with Crippen LogP contribution >= 0.6 is 0 Å². The maximum atomic E-state index is 12.2. The summed E-state index contributed by atoms with van der Waals surface area (Å²) < 4.78 is 0. The summed E-state index contributed by atoms with van der Waals surface area (Å²) in [5.74, 6) is 1.42. The second kappa shape index (κ2) is 9.80. The second-order valence-electron chi connectivity index (χ2n) is 11.4. The van der Waals surface area contributed by atoms with Crippen molar-refractivity contribution in [2.24, 2.45) is 34.5 Å². The normalized spacial score (nSPS) is 40.4. The van der Waals surface area contributed by atoms with Gasteiger partial charge in [-0.15, -0.1) is 0 Å². The predicted molar refractivity (Wildman–Crippen MR) is 123 cm³/mol. The molecule has 0 spiro atoms. The number of aliphatic hydroxyl groups excluding tert-OH is 1. The van der Waals surface area contributed by atoms with Crippen LogP contribution in [0.15, 0.2) is 0 Å². The van der Waals surface area contributed by atoms with Gasteiger partial charge in [0.05, 0.1) is 6.10 Å². The van der Waals surface area contributed by atoms with Gasteiger partial charge in [0.15, 0.2) is 0 Å². The fourth-order valence-electron chi connectivity index (χ4n) is 7.85. The first-order valence-electron chi connectivity index (χ1n) is 12.8. The van der Waals surface area contributed by atoms with Crippen molar-refractivity contribution in [3.8, 4) is 0 Å². The van der Waals surface area contributed by atoms with Gasteiger partial charge in [-0.2, -0.15) is 0 Å². The number of aliphatic carboxylic acids is 1. The summed E-state index contributed by atoms with van der Waals surface area (Å²) in [7, 11) is 1.56. The minimum absolute atomic E-state index is 0.0285. The van der Waals surface area contributed by atoms with Gasteiger partial charge >= 0.3 is 5.97 Å². The number of hydrogen-bond donors (Lipinski definition) is 2. The number of likely N-dealkylation sites (N-methyl/N-ethyl adjacent to an activating group) is 1. The number of nitrogens with zero attached hydrogens (tertiary/aromatic N) is 1. The lowest BCUT2D eigenvalue weighted by atomic mass is 9.51. The highest BCUT2D eigenvalue weighted by Crippen LogP contribution is 2.62. The van der Waals surface area contributed by atoms with Crippen molar-refractivity contribution in [1.29, 1.82) is 0 Å². The average molecular weight is 436 g/mol. The largest absolute Gasteiger partial charge is 0.480 e. The molecule has 0 aliphatic heterocycles. The maximum absolute atomic E-state index is 12.2. The van der Waals surface area contributed by atoms with Gasteiger partial charge in [0.2, 0.25) is 5.91 Å². The van der Waals surface area contributed by atoms with Gasteiger partial charge in [-0.1, -0.05) is 40.0 Å². The highest BCUT2D eigenvalue weighted by molar-refractivity contribution is 5.80. The van der Waals surface area contributed by atoms with Crippen molar-refractivity contribution in [3.63, 3.8) is 0 Å². The molecule has 5 heteroatoms. The van der Waals surface area contributed by atoms with E-state index in [9.17, 15) is 14.7 Å². The van der Waals surface area contributed by atoms with Crippen LogP contribution in [0.25, 0.3) is 0 Å². The molecule has 3 aliphatic rings. The fraction of sp³-hybridized carbons (Fsp3) is 0.923. The number of carbonyl (C=O) groups excluding carboxylic acids is 1. The first kappa shape index (κ1) is 24.5. The summed E-state index contributed by atoms with van der Waals surface area (Å²) >= 11 is 0. The highest BCUT2D eigenvalue weighted by atomic mass is 16.4. The Kier molecular flexibility index (Phi) is 7.76. The van der Waals surface area contributed by atoms with Crippen LogP contribution in [0.2, 0.25) is 0 Å². The summed E-state index contributed by atoms with van der Waals surface area (Å²) in [5.41, 5.74) is 0.355. The van der Waals surface area contributed by atoms with Crippen molar-refractivity contribution in [1.82, 2.24) is 4.90 Å². The first-order chi connectivity index (χ1) is 14.6. The van der Waals surface area contributed by atoms with Gasteiger partial charge in [-0.3, -0.25) is 9.59 Å². The Morgan fingerprint density at radius 3 is 2.45 bits per heavy atom. The lowest BCUT2D eigenvalue weighted by molar-refractivity contribution is -0.143. The smallest absolute Gasteiger partial charge is 0.323 e. The van der Waals surface area contributed by atoms with Crippen LogP contribution in [-0.4, -0.2) is 46.7 Å². The molecule has 0 bridgehead atoms. The lowest BCUT2D eigenvalue weighted by Gasteiger charge is -2.55. The van der Waals surface area contributed by atoms with E-state index in [0.29, 0.717) is 29.6 Å². The van der Waals surface area contributed by atoms with Crippen molar-refractivity contribution in [2.45, 2.75) is 104 Å². The van der Waals surface area contributed by atoms with E-state index >= 15 is 0 Å². The summed E-state index contributed by atoms with van der Waals surface area (Å²) in [4.78, 5) is 24.3. The Balaban J connectivity index is 1.59. The molecule has 0 heterocycles. The van der Waals surface area contributed by atoms with Crippen molar-refractivity contribution < 1.29 is 19.8 Å². The van der Waals surface area contributed by atoms with Crippen molar-refractivity contribution in [3.05, 3.63) is 0 Å². The molecular weight excluding hydrogens is 390 g/mol. The molecule has 0 aromatic rings. The molecule has 178 valence electrons. The predicted octanol–water partition coefficient (Wildman–Crippen LogP) is 5.11. The number of hydrogen-bond acceptors (Lipinski definition) is 3. The zero-order valence-electron chi connectivity index (χ0n) is 20.2. The molecule has 3 fully saturated rings. The highest BCUT2D eigenvalue weighted by Gasteiger charge is 2.57. The topological polar surface area (TPSA) is 77.8 Å². The SMILES string of the molecule is CCC1CCCCC1(C)C1CC(O)C2(C)C(CCCC(=O)N(C)CC(=O)O)CCC2C1. The molecule has 3 saturated carbocycles. The Bertz CT molecular complexity index is 651. The molecule has 0 saturated heterocycles. The van der Waals surface area contributed by atoms with E-state index in [2.05, 4.69) is 20.8 Å². The molecule has 0 radical (unpaired) electrons. The molecule has 0 aromatic heterocycles. The van der Waals surface area contributed by atoms with Gasteiger partial charge in [-0.05, 0) is 85.9 Å². The third-order valence-corrected chi connectivity index (χ3v) is 10.0. The quantitative estimate of drug-likeness (QED) is 0.555. The maximum Gasteiger partial charge on any atom is 0.323 e. The number of carboxylic acids is 1. The van der Waals surface area contributed by atoms with Crippen molar-refractivity contribution >= 4 is 11.9 Å². The third kappa shape index (κ3) is 4.82. The minimum atomic E-state index is -0.973. The first-order valence-corrected chi connectivity index (χ1v) is 12.8. The monoisotopic (exact) mass is 435 g/mol. The Morgan fingerprint density at radius 1 is 1.03 bits per heavy atom. The van der Waals surface area contributed by atoms with Crippen LogP contribution < -0.4 is 0 Å². The molecule has 3 rings (SSSR count). The molecule has 0 aromatic carbocycles. The van der Waals surface area contributed by atoms with Crippen LogP contribution in [0, 0.1) is 34.5 Å². The Morgan fingerprint density at radius 2 is 1.77 bits per heavy atom. The van der Waals surface area contributed by atoms with E-state index in [4.69, 9.17) is 5.11 Å². The summed E-state index contributed by atoms with van der Waals surface area (Å²) in [6.07, 6.45) is 13.1. The lowest BCUT2D eigenvalue weighted by Crippen LogP contribution is -2.51. The number of rotatable bonds is 8. The molecule has 7 atom stereocenters. The second-order valence-corrected chi connectivity index (χ2v) is 11.4. The molecule has 1 amide bonds. The van der Waals surface area contributed by atoms with Gasteiger partial charge < -0.3 is 15.1 Å². The van der Waals surface area contributed by atoms with Gasteiger partial charge in [-0.25, -0.2) is 0 Å². The zero-order chi connectivity index (χ0) is 22.8. The van der Waals surface area contributed by atoms with Crippen molar-refractivity contribution in [2.75, 3.05) is 13.6 Å². The van der Waals surface area contributed by atoms with E-state index in [1.807, 2.05) is 0 Å². The number of amides is 1. The molecule has 3 aliphatic carbocycles. The molecular formula is C26H45NO4. The van der Waals surface area contributed by atoms with Gasteiger partial charge in [0, 0.05) is 13.5 Å². The van der Waals surface area contributed by atoms with Crippen LogP contribution in [0.3, 0.4) is 0 Å². The third-order valence-electron chi connectivity index (χ3n) is 10.0. The van der Waals surface area contributed by atoms with E-state index in [-0.39, 0.29) is 24.0 Å². The molecule has 31 heavy (non-hydrogen) atoms. The van der Waals surface area contributed by atoms with E-state index < -0.39 is 5.97 Å². The number of carboxylic acid groups (broad SMARTS) is 1. The number of aliphatic hydroxyl groups is 1. The zero-order valence-corrected chi connectivity index (χ0v) is 20.2. The van der Waals surface area contributed by atoms with Crippen LogP contribution in [0.1, 0.15) is 97.8 Å². The molecule has 5 nitrogen and oxygen atoms in total. The summed E-state index contributed by atoms with van der Waals surface area (Å²) in [6, 6.07) is 0. The number of fused-ring (bicyclic) bond motifs is 1. The number of carbonyl (C=O) groups is 2. The van der Waals surface area contributed by atoms with Gasteiger partial charge in [0.1, 0.15) is 6.54 Å². The Labute approximate surface area is 189 Å². The fourth-order valence-corrected chi connectivity index (χ4v) is 7.85. The van der Waals surface area contributed by atoms with Crippen LogP contribution in [0.5, 0.6) is 0 Å². The van der Waals surface area contributed by atoms with E-state index in [0.717, 1.165) is 31.6 Å². The Hall–Kier alpha value is -1.10. The van der Waals surface area contributed by atoms with Crippen LogP contribution in [-0.2, 0) is 9.59 Å². The van der Waals surface area contributed by atoms with E-state index in [1.165, 1.54) is 49.8 Å². The van der Waals surface area contributed by atoms with Crippen LogP contribution in [0.4, 0.5) is 0 Å². The van der Waals surface area contributed by atoms with Gasteiger partial charge in [0.25, 0.3) is 0 Å². The summed E-state index contributed by atoms with van der Waals surface area (Å²) in [6.45, 7) is 6.94. The minimum Gasteiger partial charge on any atom is -0.480 e. The molecule has 2 N–H and O–H groups in total. The average Bonchev–Trinajstić information content (AvgIpc) is 3.05.